The number of nitrogen functional groups attached to an aromatic ring is 1. The quantitative estimate of drug-likeness (QED) is 0.199. The second-order valence-corrected chi connectivity index (χ2v) is 8.74. The summed E-state index contributed by atoms with van der Waals surface area (Å²) in [7, 11) is 1.55. The molecule has 0 radical (unpaired) electrons. The Hall–Kier alpha value is -5.04. The number of nitrogens with one attached hydrogen (secondary N) is 2. The Bertz CT molecular complexity index is 1560. The molecule has 1 unspecified atom stereocenters. The zero-order chi connectivity index (χ0) is 28.8. The second kappa shape index (κ2) is 12.2. The molecule has 5 N–H and O–H groups in total. The number of amidine groups is 1. The Labute approximate surface area is 227 Å². The van der Waals surface area contributed by atoms with Crippen molar-refractivity contribution in [3.63, 3.8) is 0 Å². The molecule has 5 rings (SSSR count). The number of halogens is 1. The van der Waals surface area contributed by atoms with Crippen LogP contribution in [-0.4, -0.2) is 50.6 Å². The van der Waals surface area contributed by atoms with Crippen molar-refractivity contribution in [2.45, 2.75) is 25.9 Å². The summed E-state index contributed by atoms with van der Waals surface area (Å²) in [5.74, 6) is -0.724. The molecule has 0 saturated carbocycles. The van der Waals surface area contributed by atoms with Crippen molar-refractivity contribution in [2.75, 3.05) is 13.9 Å². The molecule has 1 aliphatic rings. The van der Waals surface area contributed by atoms with E-state index < -0.39 is 23.4 Å². The van der Waals surface area contributed by atoms with Crippen molar-refractivity contribution >= 4 is 11.8 Å². The van der Waals surface area contributed by atoms with Crippen molar-refractivity contribution in [1.29, 1.82) is 5.41 Å². The number of aliphatic carboxylic acids is 1. The lowest BCUT2D eigenvalue weighted by Crippen LogP contribution is -2.18. The number of carbonyl (C=O) groups is 1. The first kappa shape index (κ1) is 28.0. The summed E-state index contributed by atoms with van der Waals surface area (Å²) in [4.78, 5) is 28.5. The van der Waals surface area contributed by atoms with Crippen LogP contribution in [0, 0.1) is 11.2 Å². The van der Waals surface area contributed by atoms with Crippen LogP contribution in [0.5, 0.6) is 11.5 Å². The third kappa shape index (κ3) is 6.32. The number of nitrogens with zero attached hydrogens (tertiary/aromatic N) is 3. The minimum Gasteiger partial charge on any atom is -0.493 e. The first-order chi connectivity index (χ1) is 19.2. The average molecular weight is 551 g/mol. The number of aromatic nitrogens is 4. The summed E-state index contributed by atoms with van der Waals surface area (Å²) in [6.45, 7) is 1.55. The molecule has 13 heteroatoms. The predicted octanol–water partition coefficient (Wildman–Crippen LogP) is 2.72. The standard InChI is InChI=1S/C25H23FN6O4.C2H4O2/c1-34-20-11-16(10-17-12-35-13-36-21(17)20)18(9-14-4-6-15(7-5-14)22(27)28)23-30-25(33)32(31-23)24-19(26)3-2-8-29-24;1-2(3)4/h2-8,10-11,18H,9,12-13H2,1H3,(H3,27,28)(H,30,31,33);1H3,(H,3,4). The van der Waals surface area contributed by atoms with Crippen LogP contribution in [0.1, 0.15) is 40.9 Å². The summed E-state index contributed by atoms with van der Waals surface area (Å²) in [5.41, 5.74) is 8.07. The molecule has 2 aromatic carbocycles. The van der Waals surface area contributed by atoms with Gasteiger partial charge in [-0.05, 0) is 41.8 Å². The molecule has 40 heavy (non-hydrogen) atoms. The van der Waals surface area contributed by atoms with Crippen molar-refractivity contribution in [3.8, 4) is 17.3 Å². The summed E-state index contributed by atoms with van der Waals surface area (Å²) >= 11 is 0. The number of H-pyrrole nitrogens is 1. The number of benzene rings is 2. The number of nitrogens with two attached hydrogens (primary N) is 1. The second-order valence-electron chi connectivity index (χ2n) is 8.74. The maximum absolute atomic E-state index is 14.4. The SMILES string of the molecule is CC(=O)O.COc1cc(C(Cc2ccc(C(=N)N)cc2)c2nn(-c3ncccc3F)c(=O)[nH]2)cc2c1OCOC2. The highest BCUT2D eigenvalue weighted by Crippen LogP contribution is 2.39. The van der Waals surface area contributed by atoms with E-state index in [4.69, 9.17) is 35.3 Å². The van der Waals surface area contributed by atoms with E-state index in [1.807, 2.05) is 24.3 Å². The Morgan fingerprint density at radius 1 is 1.30 bits per heavy atom. The van der Waals surface area contributed by atoms with Crippen LogP contribution >= 0.6 is 0 Å². The zero-order valence-electron chi connectivity index (χ0n) is 21.7. The van der Waals surface area contributed by atoms with Gasteiger partial charge in [-0.2, -0.15) is 4.68 Å². The Morgan fingerprint density at radius 2 is 2.02 bits per heavy atom. The Balaban J connectivity index is 0.000000867. The molecule has 12 nitrogen and oxygen atoms in total. The summed E-state index contributed by atoms with van der Waals surface area (Å²) in [6.07, 6.45) is 1.82. The molecular formula is C27H27FN6O6. The molecular weight excluding hydrogens is 523 g/mol. The number of hydrogen-bond acceptors (Lipinski definition) is 8. The smallest absolute Gasteiger partial charge is 0.349 e. The first-order valence-corrected chi connectivity index (χ1v) is 12.0. The highest BCUT2D eigenvalue weighted by Gasteiger charge is 2.26. The summed E-state index contributed by atoms with van der Waals surface area (Å²) < 4.78 is 31.9. The number of carboxylic acids is 1. The minimum absolute atomic E-state index is 0.0296. The van der Waals surface area contributed by atoms with Gasteiger partial charge < -0.3 is 25.1 Å². The van der Waals surface area contributed by atoms with Crippen LogP contribution in [0.25, 0.3) is 5.82 Å². The monoisotopic (exact) mass is 550 g/mol. The third-order valence-corrected chi connectivity index (χ3v) is 5.93. The highest BCUT2D eigenvalue weighted by atomic mass is 19.1. The number of carboxylic acid groups (broad SMARTS) is 1. The molecule has 0 spiro atoms. The number of hydrogen-bond donors (Lipinski definition) is 4. The zero-order valence-corrected chi connectivity index (χ0v) is 21.7. The summed E-state index contributed by atoms with van der Waals surface area (Å²) in [5, 5.41) is 19.5. The Kier molecular flexibility index (Phi) is 8.54. The lowest BCUT2D eigenvalue weighted by atomic mass is 9.89. The molecule has 0 fully saturated rings. The fourth-order valence-corrected chi connectivity index (χ4v) is 4.16. The molecule has 0 aliphatic carbocycles. The van der Waals surface area contributed by atoms with Crippen LogP contribution in [-0.2, 0) is 22.6 Å². The highest BCUT2D eigenvalue weighted by molar-refractivity contribution is 5.94. The topological polar surface area (TPSA) is 178 Å². The van der Waals surface area contributed by atoms with Gasteiger partial charge in [0.05, 0.1) is 13.7 Å². The molecule has 1 atom stereocenters. The van der Waals surface area contributed by atoms with Crippen molar-refractivity contribution in [1.82, 2.24) is 19.7 Å². The van der Waals surface area contributed by atoms with Gasteiger partial charge in [0.15, 0.2) is 29.9 Å². The van der Waals surface area contributed by atoms with E-state index in [-0.39, 0.29) is 18.4 Å². The molecule has 4 aromatic rings. The van der Waals surface area contributed by atoms with Crippen LogP contribution in [0.15, 0.2) is 59.5 Å². The molecule has 2 aromatic heterocycles. The van der Waals surface area contributed by atoms with Gasteiger partial charge in [-0.3, -0.25) is 15.2 Å². The van der Waals surface area contributed by atoms with Gasteiger partial charge >= 0.3 is 5.69 Å². The van der Waals surface area contributed by atoms with E-state index in [0.29, 0.717) is 35.9 Å². The molecule has 0 bridgehead atoms. The van der Waals surface area contributed by atoms with Gasteiger partial charge in [-0.1, -0.05) is 24.3 Å². The molecule has 1 aliphatic heterocycles. The van der Waals surface area contributed by atoms with Crippen molar-refractivity contribution in [2.24, 2.45) is 5.73 Å². The van der Waals surface area contributed by atoms with Crippen LogP contribution in [0.2, 0.25) is 0 Å². The van der Waals surface area contributed by atoms with Crippen LogP contribution in [0.3, 0.4) is 0 Å². The van der Waals surface area contributed by atoms with E-state index >= 15 is 0 Å². The van der Waals surface area contributed by atoms with Gasteiger partial charge in [-0.15, -0.1) is 5.10 Å². The van der Waals surface area contributed by atoms with E-state index in [9.17, 15) is 9.18 Å². The normalized spacial score (nSPS) is 12.8. The van der Waals surface area contributed by atoms with Gasteiger partial charge in [0.25, 0.3) is 5.97 Å². The van der Waals surface area contributed by atoms with E-state index in [0.717, 1.165) is 28.3 Å². The largest absolute Gasteiger partial charge is 0.493 e. The maximum Gasteiger partial charge on any atom is 0.349 e. The predicted molar refractivity (Wildman–Crippen MR) is 142 cm³/mol. The fraction of sp³-hybridized carbons (Fsp3) is 0.222. The number of aromatic amines is 1. The van der Waals surface area contributed by atoms with Crippen molar-refractivity contribution < 1.29 is 28.5 Å². The van der Waals surface area contributed by atoms with Gasteiger partial charge in [0.2, 0.25) is 0 Å². The maximum atomic E-state index is 14.4. The number of rotatable bonds is 7. The average Bonchev–Trinajstić information content (AvgIpc) is 3.32. The number of methoxy groups -OCH3 is 1. The van der Waals surface area contributed by atoms with Gasteiger partial charge in [0.1, 0.15) is 11.7 Å². The number of pyridine rings is 1. The van der Waals surface area contributed by atoms with Crippen molar-refractivity contribution in [3.05, 3.63) is 99.1 Å². The van der Waals surface area contributed by atoms with E-state index in [1.165, 1.54) is 18.3 Å². The Morgan fingerprint density at radius 3 is 2.67 bits per heavy atom. The summed E-state index contributed by atoms with van der Waals surface area (Å²) in [6, 6.07) is 13.6. The molecule has 3 heterocycles. The lowest BCUT2D eigenvalue weighted by molar-refractivity contribution is -0.134. The van der Waals surface area contributed by atoms with Gasteiger partial charge in [-0.25, -0.2) is 14.2 Å². The lowest BCUT2D eigenvalue weighted by Gasteiger charge is -2.23. The van der Waals surface area contributed by atoms with Crippen LogP contribution in [0.4, 0.5) is 4.39 Å². The molecule has 0 saturated heterocycles. The third-order valence-electron chi connectivity index (χ3n) is 5.93. The van der Waals surface area contributed by atoms with Gasteiger partial charge in [0, 0.05) is 30.2 Å². The minimum atomic E-state index is -0.833. The number of fused-ring (bicyclic) bond motifs is 1. The van der Waals surface area contributed by atoms with Crippen LogP contribution < -0.4 is 20.9 Å². The molecule has 208 valence electrons. The van der Waals surface area contributed by atoms with E-state index in [2.05, 4.69) is 15.1 Å². The number of ether oxygens (including phenoxy) is 3. The fourth-order valence-electron chi connectivity index (χ4n) is 4.16. The first-order valence-electron chi connectivity index (χ1n) is 12.0. The molecule has 0 amide bonds. The van der Waals surface area contributed by atoms with E-state index in [1.54, 1.807) is 19.2 Å².